The molecule has 0 spiro atoms. The van der Waals surface area contributed by atoms with Gasteiger partial charge >= 0.3 is 0 Å². The molecule has 0 bridgehead atoms. The lowest BCUT2D eigenvalue weighted by atomic mass is 10.1. The predicted octanol–water partition coefficient (Wildman–Crippen LogP) is 2.31. The lowest BCUT2D eigenvalue weighted by Crippen LogP contribution is -2.22. The zero-order valence-electron chi connectivity index (χ0n) is 8.20. The Morgan fingerprint density at radius 3 is 2.54 bits per heavy atom. The molecular weight excluding hydrogens is 158 g/mol. The largest absolute Gasteiger partial charge is 0.289 e. The number of rotatable bonds is 3. The Morgan fingerprint density at radius 1 is 1.38 bits per heavy atom. The molecule has 1 rings (SSSR count). The molecule has 13 heavy (non-hydrogen) atoms. The molecule has 0 saturated heterocycles. The van der Waals surface area contributed by atoms with Gasteiger partial charge in [-0.1, -0.05) is 36.3 Å². The van der Waals surface area contributed by atoms with E-state index >= 15 is 0 Å². The van der Waals surface area contributed by atoms with Crippen LogP contribution in [0, 0.1) is 12.3 Å². The summed E-state index contributed by atoms with van der Waals surface area (Å²) >= 11 is 0. The van der Waals surface area contributed by atoms with Crippen molar-refractivity contribution in [3.63, 3.8) is 0 Å². The molecule has 0 aromatic heterocycles. The van der Waals surface area contributed by atoms with Crippen molar-refractivity contribution in [3.8, 4) is 12.3 Å². The molecule has 0 heterocycles. The highest BCUT2D eigenvalue weighted by Crippen LogP contribution is 2.16. The summed E-state index contributed by atoms with van der Waals surface area (Å²) in [5.41, 5.74) is 1.31. The van der Waals surface area contributed by atoms with Crippen LogP contribution in [-0.4, -0.2) is 18.5 Å². The summed E-state index contributed by atoms with van der Waals surface area (Å²) in [6.45, 7) is 2.85. The molecule has 0 aliphatic carbocycles. The average Bonchev–Trinajstić information content (AvgIpc) is 2.18. The van der Waals surface area contributed by atoms with Crippen molar-refractivity contribution in [2.75, 3.05) is 13.6 Å². The highest BCUT2D eigenvalue weighted by Gasteiger charge is 2.08. The van der Waals surface area contributed by atoms with Gasteiger partial charge in [0, 0.05) is 6.04 Å². The van der Waals surface area contributed by atoms with Gasteiger partial charge in [-0.25, -0.2) is 0 Å². The van der Waals surface area contributed by atoms with E-state index in [1.165, 1.54) is 5.56 Å². The fourth-order valence-corrected chi connectivity index (χ4v) is 1.27. The first-order chi connectivity index (χ1) is 6.25. The van der Waals surface area contributed by atoms with E-state index in [2.05, 4.69) is 42.0 Å². The maximum absolute atomic E-state index is 5.25. The maximum Gasteiger partial charge on any atom is 0.0601 e. The first kappa shape index (κ1) is 9.83. The predicted molar refractivity (Wildman–Crippen MR) is 56.3 cm³/mol. The van der Waals surface area contributed by atoms with Gasteiger partial charge in [-0.05, 0) is 19.5 Å². The Bertz CT molecular complexity index is 284. The van der Waals surface area contributed by atoms with Crippen molar-refractivity contribution in [2.24, 2.45) is 0 Å². The minimum absolute atomic E-state index is 0.386. The van der Waals surface area contributed by atoms with Crippen LogP contribution in [0.15, 0.2) is 30.3 Å². The molecule has 68 valence electrons. The molecule has 0 aliphatic rings. The third kappa shape index (κ3) is 2.61. The van der Waals surface area contributed by atoms with E-state index in [1.54, 1.807) is 0 Å². The molecule has 0 N–H and O–H groups in total. The second-order valence-corrected chi connectivity index (χ2v) is 3.21. The minimum Gasteiger partial charge on any atom is -0.289 e. The van der Waals surface area contributed by atoms with Gasteiger partial charge in [-0.2, -0.15) is 0 Å². The van der Waals surface area contributed by atoms with Crippen LogP contribution in [-0.2, 0) is 0 Å². The molecule has 0 saturated carbocycles. The number of hydrogen-bond donors (Lipinski definition) is 0. The van der Waals surface area contributed by atoms with E-state index in [0.717, 1.165) is 0 Å². The van der Waals surface area contributed by atoms with Gasteiger partial charge in [0.2, 0.25) is 0 Å². The number of terminal acetylenes is 1. The summed E-state index contributed by atoms with van der Waals surface area (Å²) in [6, 6.07) is 10.8. The highest BCUT2D eigenvalue weighted by atomic mass is 15.1. The molecule has 0 radical (unpaired) electrons. The van der Waals surface area contributed by atoms with Gasteiger partial charge in [0.25, 0.3) is 0 Å². The summed E-state index contributed by atoms with van der Waals surface area (Å²) in [4.78, 5) is 2.15. The van der Waals surface area contributed by atoms with Crippen molar-refractivity contribution in [2.45, 2.75) is 13.0 Å². The lowest BCUT2D eigenvalue weighted by molar-refractivity contribution is 0.294. The summed E-state index contributed by atoms with van der Waals surface area (Å²) in [5.74, 6) is 2.64. The Morgan fingerprint density at radius 2 is 2.00 bits per heavy atom. The van der Waals surface area contributed by atoms with Gasteiger partial charge in [0.15, 0.2) is 0 Å². The zero-order valence-corrected chi connectivity index (χ0v) is 8.20. The fourth-order valence-electron chi connectivity index (χ4n) is 1.27. The normalized spacial score (nSPS) is 12.5. The van der Waals surface area contributed by atoms with Crippen LogP contribution in [0.5, 0.6) is 0 Å². The van der Waals surface area contributed by atoms with E-state index < -0.39 is 0 Å². The molecular formula is C12H15N. The Hall–Kier alpha value is -1.26. The van der Waals surface area contributed by atoms with Crippen molar-refractivity contribution in [3.05, 3.63) is 35.9 Å². The van der Waals surface area contributed by atoms with Gasteiger partial charge < -0.3 is 0 Å². The van der Waals surface area contributed by atoms with Crippen molar-refractivity contribution in [1.29, 1.82) is 0 Å². The second kappa shape index (κ2) is 4.69. The number of nitrogens with zero attached hydrogens (tertiary/aromatic N) is 1. The van der Waals surface area contributed by atoms with E-state index in [1.807, 2.05) is 13.1 Å². The van der Waals surface area contributed by atoms with Crippen LogP contribution in [0.4, 0.5) is 0 Å². The quantitative estimate of drug-likeness (QED) is 0.634. The molecule has 0 amide bonds. The third-order valence-corrected chi connectivity index (χ3v) is 2.28. The van der Waals surface area contributed by atoms with Crippen LogP contribution in [0.3, 0.4) is 0 Å². The molecule has 1 nitrogen and oxygen atoms in total. The van der Waals surface area contributed by atoms with Crippen molar-refractivity contribution >= 4 is 0 Å². The highest BCUT2D eigenvalue weighted by molar-refractivity contribution is 5.18. The molecule has 1 aromatic carbocycles. The molecule has 0 unspecified atom stereocenters. The SMILES string of the molecule is C#CCN(C)[C@@H](C)c1ccccc1. The molecule has 1 aromatic rings. The van der Waals surface area contributed by atoms with E-state index in [0.29, 0.717) is 12.6 Å². The Balaban J connectivity index is 2.69. The third-order valence-electron chi connectivity index (χ3n) is 2.28. The summed E-state index contributed by atoms with van der Waals surface area (Å²) < 4.78 is 0. The summed E-state index contributed by atoms with van der Waals surface area (Å²) in [7, 11) is 2.04. The van der Waals surface area contributed by atoms with Gasteiger partial charge in [-0.15, -0.1) is 6.42 Å². The molecule has 1 heteroatoms. The summed E-state index contributed by atoms with van der Waals surface area (Å²) in [6.07, 6.45) is 5.25. The number of hydrogen-bond acceptors (Lipinski definition) is 1. The van der Waals surface area contributed by atoms with Crippen LogP contribution in [0.25, 0.3) is 0 Å². The van der Waals surface area contributed by atoms with Crippen molar-refractivity contribution < 1.29 is 0 Å². The summed E-state index contributed by atoms with van der Waals surface area (Å²) in [5, 5.41) is 0. The average molecular weight is 173 g/mol. The molecule has 1 atom stereocenters. The zero-order chi connectivity index (χ0) is 9.68. The topological polar surface area (TPSA) is 3.24 Å². The van der Waals surface area contributed by atoms with E-state index in [9.17, 15) is 0 Å². The van der Waals surface area contributed by atoms with Gasteiger partial charge in [0.1, 0.15) is 0 Å². The standard InChI is InChI=1S/C12H15N/c1-4-10-13(3)11(2)12-8-6-5-7-9-12/h1,5-9,11H,10H2,2-3H3/t11-/m0/s1. The Labute approximate surface area is 80.4 Å². The lowest BCUT2D eigenvalue weighted by Gasteiger charge is -2.22. The van der Waals surface area contributed by atoms with Crippen LogP contribution >= 0.6 is 0 Å². The minimum atomic E-state index is 0.386. The van der Waals surface area contributed by atoms with Gasteiger partial charge in [0.05, 0.1) is 6.54 Å². The second-order valence-electron chi connectivity index (χ2n) is 3.21. The van der Waals surface area contributed by atoms with Crippen LogP contribution in [0.1, 0.15) is 18.5 Å². The first-order valence-corrected chi connectivity index (χ1v) is 4.44. The van der Waals surface area contributed by atoms with Crippen LogP contribution in [0.2, 0.25) is 0 Å². The van der Waals surface area contributed by atoms with Gasteiger partial charge in [-0.3, -0.25) is 4.90 Å². The van der Waals surface area contributed by atoms with Crippen LogP contribution < -0.4 is 0 Å². The number of benzene rings is 1. The fraction of sp³-hybridized carbons (Fsp3) is 0.333. The van der Waals surface area contributed by atoms with E-state index in [4.69, 9.17) is 6.42 Å². The van der Waals surface area contributed by atoms with Crippen molar-refractivity contribution in [1.82, 2.24) is 4.90 Å². The monoisotopic (exact) mass is 173 g/mol. The smallest absolute Gasteiger partial charge is 0.0601 e. The maximum atomic E-state index is 5.25. The molecule has 0 fully saturated rings. The Kier molecular flexibility index (Phi) is 3.54. The molecule has 0 aliphatic heterocycles. The first-order valence-electron chi connectivity index (χ1n) is 4.44. The van der Waals surface area contributed by atoms with E-state index in [-0.39, 0.29) is 0 Å².